The van der Waals surface area contributed by atoms with Crippen LogP contribution in [0.3, 0.4) is 0 Å². The summed E-state index contributed by atoms with van der Waals surface area (Å²) in [7, 11) is 2.12. The molecule has 4 bridgehead atoms. The second kappa shape index (κ2) is 8.27. The average Bonchev–Trinajstić information content (AvgIpc) is 2.84. The molecule has 3 heteroatoms. The first-order valence-corrected chi connectivity index (χ1v) is 13.1. The van der Waals surface area contributed by atoms with Crippen molar-refractivity contribution in [3.05, 3.63) is 71.8 Å². The Kier molecular flexibility index (Phi) is 5.36. The number of carbonyl (C=O) groups is 1. The predicted octanol–water partition coefficient (Wildman–Crippen LogP) is 5.65. The summed E-state index contributed by atoms with van der Waals surface area (Å²) >= 11 is 0. The van der Waals surface area contributed by atoms with Crippen LogP contribution in [0.2, 0.25) is 0 Å². The van der Waals surface area contributed by atoms with Crippen molar-refractivity contribution in [2.45, 2.75) is 69.4 Å². The first kappa shape index (κ1) is 21.4. The second-order valence-corrected chi connectivity index (χ2v) is 11.8. The van der Waals surface area contributed by atoms with Gasteiger partial charge in [0.1, 0.15) is 0 Å². The average molecular weight is 443 g/mol. The van der Waals surface area contributed by atoms with Crippen LogP contribution in [-0.4, -0.2) is 41.9 Å². The Morgan fingerprint density at radius 3 is 2.15 bits per heavy atom. The lowest BCUT2D eigenvalue weighted by Gasteiger charge is -2.62. The van der Waals surface area contributed by atoms with E-state index in [1.165, 1.54) is 30.4 Å². The molecule has 0 spiro atoms. The molecule has 2 aromatic carbocycles. The summed E-state index contributed by atoms with van der Waals surface area (Å²) in [6.07, 6.45) is 9.48. The van der Waals surface area contributed by atoms with Gasteiger partial charge in [-0.05, 0) is 79.7 Å². The lowest BCUT2D eigenvalue weighted by Crippen LogP contribution is -2.60. The van der Waals surface area contributed by atoms with Crippen LogP contribution in [0.15, 0.2) is 60.7 Å². The highest BCUT2D eigenvalue weighted by molar-refractivity contribution is 5.83. The van der Waals surface area contributed by atoms with Crippen molar-refractivity contribution in [3.8, 4) is 0 Å². The van der Waals surface area contributed by atoms with Gasteiger partial charge in [-0.3, -0.25) is 9.69 Å². The summed E-state index contributed by atoms with van der Waals surface area (Å²) in [6, 6.07) is 22.3. The van der Waals surface area contributed by atoms with Gasteiger partial charge in [-0.2, -0.15) is 0 Å². The molecule has 5 aliphatic rings. The number of likely N-dealkylation sites (tertiary alicyclic amines) is 1. The van der Waals surface area contributed by atoms with E-state index < -0.39 is 0 Å². The highest BCUT2D eigenvalue weighted by Crippen LogP contribution is 2.66. The number of nitrogens with zero attached hydrogens (tertiary/aromatic N) is 2. The van der Waals surface area contributed by atoms with Gasteiger partial charge in [0.05, 0.1) is 5.41 Å². The lowest BCUT2D eigenvalue weighted by molar-refractivity contribution is -0.162. The molecule has 2 aromatic rings. The minimum atomic E-state index is -0.115. The fourth-order valence-electron chi connectivity index (χ4n) is 8.49. The van der Waals surface area contributed by atoms with Gasteiger partial charge in [0.25, 0.3) is 0 Å². The molecule has 1 heterocycles. The Morgan fingerprint density at radius 2 is 1.52 bits per heavy atom. The molecular formula is C30H38N2O. The van der Waals surface area contributed by atoms with Crippen LogP contribution in [0, 0.1) is 17.3 Å². The monoisotopic (exact) mass is 442 g/mol. The molecule has 2 atom stereocenters. The summed E-state index contributed by atoms with van der Waals surface area (Å²) in [6.45, 7) is 3.20. The second-order valence-electron chi connectivity index (χ2n) is 11.8. The Morgan fingerprint density at radius 1 is 0.909 bits per heavy atom. The molecule has 5 fully saturated rings. The fraction of sp³-hybridized carbons (Fsp3) is 0.567. The van der Waals surface area contributed by atoms with Crippen molar-refractivity contribution in [1.82, 2.24) is 9.80 Å². The Balaban J connectivity index is 1.15. The topological polar surface area (TPSA) is 23.6 Å². The number of amides is 1. The first-order valence-electron chi connectivity index (χ1n) is 13.1. The zero-order valence-corrected chi connectivity index (χ0v) is 20.1. The third-order valence-electron chi connectivity index (χ3n) is 9.58. The summed E-state index contributed by atoms with van der Waals surface area (Å²) in [5.74, 6) is 1.94. The van der Waals surface area contributed by atoms with Crippen LogP contribution in [0.5, 0.6) is 0 Å². The minimum Gasteiger partial charge on any atom is -0.342 e. The van der Waals surface area contributed by atoms with Crippen LogP contribution >= 0.6 is 0 Å². The van der Waals surface area contributed by atoms with Crippen LogP contribution in [0.25, 0.3) is 0 Å². The molecular weight excluding hydrogens is 404 g/mol. The standard InChI is InChI=1S/C30H38N2O/c1-31(27-12-14-32(15-13-27)21-23-8-4-2-5-9-23)28(33)30-19-24-16-25(20-30)18-29(17-24,22-30)26-10-6-3-7-11-26/h2-11,24-25,27H,12-22H2,1H3. The largest absolute Gasteiger partial charge is 0.342 e. The van der Waals surface area contributed by atoms with Crippen molar-refractivity contribution < 1.29 is 4.79 Å². The predicted molar refractivity (Wildman–Crippen MR) is 133 cm³/mol. The fourth-order valence-corrected chi connectivity index (χ4v) is 8.49. The summed E-state index contributed by atoms with van der Waals surface area (Å²) < 4.78 is 0. The molecule has 2 unspecified atom stereocenters. The van der Waals surface area contributed by atoms with Crippen molar-refractivity contribution in [3.63, 3.8) is 0 Å². The van der Waals surface area contributed by atoms with Crippen LogP contribution < -0.4 is 0 Å². The van der Waals surface area contributed by atoms with Crippen LogP contribution in [0.4, 0.5) is 0 Å². The number of rotatable bonds is 5. The molecule has 1 amide bonds. The lowest BCUT2D eigenvalue weighted by atomic mass is 9.42. The van der Waals surface area contributed by atoms with Gasteiger partial charge in [0, 0.05) is 32.7 Å². The van der Waals surface area contributed by atoms with Crippen molar-refractivity contribution in [1.29, 1.82) is 0 Å². The van der Waals surface area contributed by atoms with E-state index in [1.807, 2.05) is 0 Å². The number of hydrogen-bond acceptors (Lipinski definition) is 2. The molecule has 1 aliphatic heterocycles. The normalized spacial score (nSPS) is 33.8. The highest BCUT2D eigenvalue weighted by Gasteiger charge is 2.61. The highest BCUT2D eigenvalue weighted by atomic mass is 16.2. The van der Waals surface area contributed by atoms with Crippen molar-refractivity contribution in [2.75, 3.05) is 20.1 Å². The Labute approximate surface area is 199 Å². The molecule has 1 saturated heterocycles. The van der Waals surface area contributed by atoms with Gasteiger partial charge in [0.2, 0.25) is 5.91 Å². The van der Waals surface area contributed by atoms with Crippen LogP contribution in [0.1, 0.15) is 62.5 Å². The van der Waals surface area contributed by atoms with Gasteiger partial charge in [-0.15, -0.1) is 0 Å². The minimum absolute atomic E-state index is 0.115. The van der Waals surface area contributed by atoms with Gasteiger partial charge >= 0.3 is 0 Å². The van der Waals surface area contributed by atoms with Crippen molar-refractivity contribution in [2.24, 2.45) is 17.3 Å². The van der Waals surface area contributed by atoms with Crippen molar-refractivity contribution >= 4 is 5.91 Å². The number of hydrogen-bond donors (Lipinski definition) is 0. The van der Waals surface area contributed by atoms with E-state index in [0.717, 1.165) is 63.6 Å². The molecule has 3 nitrogen and oxygen atoms in total. The molecule has 33 heavy (non-hydrogen) atoms. The van der Waals surface area contributed by atoms with E-state index in [0.29, 0.717) is 11.9 Å². The van der Waals surface area contributed by atoms with E-state index in [4.69, 9.17) is 0 Å². The van der Waals surface area contributed by atoms with Gasteiger partial charge < -0.3 is 4.90 Å². The number of benzene rings is 2. The zero-order chi connectivity index (χ0) is 22.5. The van der Waals surface area contributed by atoms with Gasteiger partial charge in [0.15, 0.2) is 0 Å². The van der Waals surface area contributed by atoms with Gasteiger partial charge in [-0.1, -0.05) is 60.7 Å². The molecule has 4 saturated carbocycles. The van der Waals surface area contributed by atoms with E-state index in [1.54, 1.807) is 0 Å². The zero-order valence-electron chi connectivity index (χ0n) is 20.1. The third kappa shape index (κ3) is 3.83. The first-order chi connectivity index (χ1) is 16.1. The maximum Gasteiger partial charge on any atom is 0.228 e. The molecule has 4 aliphatic carbocycles. The van der Waals surface area contributed by atoms with E-state index in [9.17, 15) is 4.79 Å². The van der Waals surface area contributed by atoms with E-state index in [2.05, 4.69) is 77.5 Å². The molecule has 0 aromatic heterocycles. The molecule has 174 valence electrons. The van der Waals surface area contributed by atoms with Gasteiger partial charge in [-0.25, -0.2) is 0 Å². The smallest absolute Gasteiger partial charge is 0.228 e. The molecule has 0 N–H and O–H groups in total. The van der Waals surface area contributed by atoms with Crippen LogP contribution in [-0.2, 0) is 16.8 Å². The van der Waals surface area contributed by atoms with E-state index >= 15 is 0 Å². The molecule has 0 radical (unpaired) electrons. The molecule has 7 rings (SSSR count). The number of piperidine rings is 1. The maximum absolute atomic E-state index is 14.2. The Hall–Kier alpha value is -2.13. The SMILES string of the molecule is CN(C(=O)C12CC3CC(C1)CC(c1ccccc1)(C3)C2)C1CCN(Cc2ccccc2)CC1. The Bertz CT molecular complexity index is 965. The van der Waals surface area contributed by atoms with E-state index in [-0.39, 0.29) is 10.8 Å². The summed E-state index contributed by atoms with van der Waals surface area (Å²) in [5, 5.41) is 0. The summed E-state index contributed by atoms with van der Waals surface area (Å²) in [5.41, 5.74) is 3.00. The number of carbonyl (C=O) groups excluding carboxylic acids is 1. The quantitative estimate of drug-likeness (QED) is 0.598. The third-order valence-corrected chi connectivity index (χ3v) is 9.58. The summed E-state index contributed by atoms with van der Waals surface area (Å²) in [4.78, 5) is 18.9. The maximum atomic E-state index is 14.2.